The molecule has 0 bridgehead atoms. The summed E-state index contributed by atoms with van der Waals surface area (Å²) in [6, 6.07) is 0.493. The number of nitrogens with one attached hydrogen (secondary N) is 1. The van der Waals surface area contributed by atoms with Gasteiger partial charge in [0.1, 0.15) is 11.2 Å². The Morgan fingerprint density at radius 2 is 2.09 bits per heavy atom. The first-order valence-electron chi connectivity index (χ1n) is 8.96. The molecule has 1 fully saturated rings. The molecule has 1 saturated carbocycles. The van der Waals surface area contributed by atoms with E-state index in [2.05, 4.69) is 24.1 Å². The highest BCUT2D eigenvalue weighted by Gasteiger charge is 2.43. The van der Waals surface area contributed by atoms with E-state index in [9.17, 15) is 4.79 Å². The van der Waals surface area contributed by atoms with Crippen LogP contribution in [0.2, 0.25) is 0 Å². The number of carbonyl (C=O) groups is 1. The second-order valence-corrected chi connectivity index (χ2v) is 8.22. The Balaban J connectivity index is 1.70. The molecule has 120 valence electrons. The highest BCUT2D eigenvalue weighted by atomic mass is 32.1. The van der Waals surface area contributed by atoms with Crippen LogP contribution in [0.3, 0.4) is 0 Å². The molecule has 22 heavy (non-hydrogen) atoms. The highest BCUT2D eigenvalue weighted by Crippen LogP contribution is 2.45. The van der Waals surface area contributed by atoms with E-state index in [4.69, 9.17) is 0 Å². The van der Waals surface area contributed by atoms with Gasteiger partial charge in [-0.15, -0.1) is 11.3 Å². The molecule has 1 N–H and O–H groups in total. The van der Waals surface area contributed by atoms with E-state index >= 15 is 0 Å². The van der Waals surface area contributed by atoms with Gasteiger partial charge in [0.2, 0.25) is 0 Å². The zero-order valence-corrected chi connectivity index (χ0v) is 14.5. The molecule has 1 aliphatic heterocycles. The molecule has 0 radical (unpaired) electrons. The molecule has 4 heteroatoms. The molecule has 0 saturated heterocycles. The van der Waals surface area contributed by atoms with Crippen LogP contribution in [0.5, 0.6) is 0 Å². The largest absolute Gasteiger partial charge is 0.356 e. The maximum absolute atomic E-state index is 13.2. The van der Waals surface area contributed by atoms with Gasteiger partial charge in [-0.05, 0) is 50.0 Å². The number of nitrogens with zero attached hydrogens (tertiary/aromatic N) is 1. The van der Waals surface area contributed by atoms with Crippen LogP contribution in [-0.4, -0.2) is 23.0 Å². The van der Waals surface area contributed by atoms with Gasteiger partial charge in [-0.2, -0.15) is 0 Å². The first-order valence-corrected chi connectivity index (χ1v) is 9.78. The summed E-state index contributed by atoms with van der Waals surface area (Å²) in [5.74, 6) is 1.14. The van der Waals surface area contributed by atoms with E-state index in [-0.39, 0.29) is 6.17 Å². The molecular formula is C18H26N2OS. The minimum absolute atomic E-state index is 0.222. The fourth-order valence-corrected chi connectivity index (χ4v) is 5.48. The Kier molecular flexibility index (Phi) is 3.67. The van der Waals surface area contributed by atoms with E-state index in [1.54, 1.807) is 0 Å². The van der Waals surface area contributed by atoms with Crippen LogP contribution in [0.1, 0.15) is 73.2 Å². The average Bonchev–Trinajstić information content (AvgIpc) is 3.27. The molecule has 2 aliphatic carbocycles. The summed E-state index contributed by atoms with van der Waals surface area (Å²) in [5, 5.41) is 4.88. The second kappa shape index (κ2) is 5.55. The summed E-state index contributed by atoms with van der Waals surface area (Å²) in [6.07, 6.45) is 9.57. The van der Waals surface area contributed by atoms with Gasteiger partial charge < -0.3 is 10.2 Å². The number of thiophene rings is 1. The number of hydrogen-bond acceptors (Lipinski definition) is 3. The summed E-state index contributed by atoms with van der Waals surface area (Å²) in [5.41, 5.74) is 2.41. The molecule has 3 aliphatic rings. The molecule has 1 amide bonds. The van der Waals surface area contributed by atoms with Gasteiger partial charge in [-0.3, -0.25) is 4.79 Å². The molecular weight excluding hydrogens is 292 g/mol. The number of carbonyl (C=O) groups excluding carboxylic acids is 1. The van der Waals surface area contributed by atoms with E-state index < -0.39 is 0 Å². The third-order valence-electron chi connectivity index (χ3n) is 5.53. The van der Waals surface area contributed by atoms with Crippen molar-refractivity contribution in [2.24, 2.45) is 5.92 Å². The Morgan fingerprint density at radius 1 is 1.27 bits per heavy atom. The van der Waals surface area contributed by atoms with E-state index in [1.807, 2.05) is 11.3 Å². The number of amides is 1. The SMILES string of the molecule is CCC[C@H]1Nc2sc3c(c2C(=O)N1C1CC1)CC[C@@H](CC)C3. The van der Waals surface area contributed by atoms with Crippen molar-refractivity contribution in [1.82, 2.24) is 4.90 Å². The first kappa shape index (κ1) is 14.6. The summed E-state index contributed by atoms with van der Waals surface area (Å²) in [6.45, 7) is 4.50. The maximum Gasteiger partial charge on any atom is 0.259 e. The molecule has 4 rings (SSSR count). The Hall–Kier alpha value is -1.03. The molecule has 0 aromatic carbocycles. The maximum atomic E-state index is 13.2. The van der Waals surface area contributed by atoms with Crippen molar-refractivity contribution in [3.8, 4) is 0 Å². The Labute approximate surface area is 137 Å². The quantitative estimate of drug-likeness (QED) is 0.891. The van der Waals surface area contributed by atoms with Crippen molar-refractivity contribution < 1.29 is 4.79 Å². The predicted molar refractivity (Wildman–Crippen MR) is 91.6 cm³/mol. The number of rotatable bonds is 4. The Morgan fingerprint density at radius 3 is 2.77 bits per heavy atom. The van der Waals surface area contributed by atoms with Gasteiger partial charge in [0.05, 0.1) is 5.56 Å². The molecule has 1 aromatic rings. The van der Waals surface area contributed by atoms with Crippen LogP contribution in [0, 0.1) is 5.92 Å². The van der Waals surface area contributed by atoms with Crippen LogP contribution in [0.25, 0.3) is 0 Å². The van der Waals surface area contributed by atoms with Gasteiger partial charge in [0, 0.05) is 10.9 Å². The Bertz CT molecular complexity index is 590. The third kappa shape index (κ3) is 2.27. The monoisotopic (exact) mass is 318 g/mol. The van der Waals surface area contributed by atoms with Crippen LogP contribution >= 0.6 is 11.3 Å². The van der Waals surface area contributed by atoms with E-state index in [0.29, 0.717) is 11.9 Å². The van der Waals surface area contributed by atoms with Crippen LogP contribution in [-0.2, 0) is 12.8 Å². The first-order chi connectivity index (χ1) is 10.7. The number of fused-ring (bicyclic) bond motifs is 3. The summed E-state index contributed by atoms with van der Waals surface area (Å²) in [7, 11) is 0. The van der Waals surface area contributed by atoms with E-state index in [0.717, 1.165) is 30.7 Å². The van der Waals surface area contributed by atoms with Crippen molar-refractivity contribution >= 4 is 22.2 Å². The van der Waals surface area contributed by atoms with Gasteiger partial charge in [0.15, 0.2) is 0 Å². The minimum atomic E-state index is 0.222. The summed E-state index contributed by atoms with van der Waals surface area (Å²) >= 11 is 1.87. The smallest absolute Gasteiger partial charge is 0.259 e. The summed E-state index contributed by atoms with van der Waals surface area (Å²) in [4.78, 5) is 16.8. The molecule has 0 unspecified atom stereocenters. The molecule has 0 spiro atoms. The van der Waals surface area contributed by atoms with Gasteiger partial charge in [-0.25, -0.2) is 0 Å². The van der Waals surface area contributed by atoms with Crippen LogP contribution < -0.4 is 5.32 Å². The van der Waals surface area contributed by atoms with Crippen molar-refractivity contribution in [3.05, 3.63) is 16.0 Å². The van der Waals surface area contributed by atoms with Crippen molar-refractivity contribution in [2.75, 3.05) is 5.32 Å². The number of hydrogen-bond donors (Lipinski definition) is 1. The zero-order valence-electron chi connectivity index (χ0n) is 13.7. The fourth-order valence-electron chi connectivity index (χ4n) is 4.08. The summed E-state index contributed by atoms with van der Waals surface area (Å²) < 4.78 is 0. The van der Waals surface area contributed by atoms with Crippen molar-refractivity contribution in [2.45, 2.75) is 77.4 Å². The molecule has 2 heterocycles. The molecule has 2 atom stereocenters. The third-order valence-corrected chi connectivity index (χ3v) is 6.71. The molecule has 3 nitrogen and oxygen atoms in total. The normalized spacial score (nSPS) is 27.4. The highest BCUT2D eigenvalue weighted by molar-refractivity contribution is 7.16. The van der Waals surface area contributed by atoms with Gasteiger partial charge in [-0.1, -0.05) is 26.7 Å². The van der Waals surface area contributed by atoms with Crippen LogP contribution in [0.15, 0.2) is 0 Å². The minimum Gasteiger partial charge on any atom is -0.356 e. The second-order valence-electron chi connectivity index (χ2n) is 7.12. The zero-order chi connectivity index (χ0) is 15.3. The lowest BCUT2D eigenvalue weighted by atomic mass is 9.85. The standard InChI is InChI=1S/C18H26N2OS/c1-3-5-15-19-17-16(18(21)20(15)12-7-8-12)13-9-6-11(4-2)10-14(13)22-17/h11-12,15,19H,3-10H2,1-2H3/t11-,15+/m1/s1. The lowest BCUT2D eigenvalue weighted by Crippen LogP contribution is -2.49. The van der Waals surface area contributed by atoms with Crippen LogP contribution in [0.4, 0.5) is 5.00 Å². The van der Waals surface area contributed by atoms with Gasteiger partial charge >= 0.3 is 0 Å². The topological polar surface area (TPSA) is 32.3 Å². The number of anilines is 1. The molecule has 1 aromatic heterocycles. The van der Waals surface area contributed by atoms with Crippen molar-refractivity contribution in [1.29, 1.82) is 0 Å². The average molecular weight is 318 g/mol. The fraction of sp³-hybridized carbons (Fsp3) is 0.722. The predicted octanol–water partition coefficient (Wildman–Crippen LogP) is 4.42. The lowest BCUT2D eigenvalue weighted by molar-refractivity contribution is 0.0659. The van der Waals surface area contributed by atoms with Gasteiger partial charge in [0.25, 0.3) is 5.91 Å². The van der Waals surface area contributed by atoms with Crippen molar-refractivity contribution in [3.63, 3.8) is 0 Å². The van der Waals surface area contributed by atoms with E-state index in [1.165, 1.54) is 47.5 Å². The lowest BCUT2D eigenvalue weighted by Gasteiger charge is -2.37.